The number of benzene rings is 1. The lowest BCUT2D eigenvalue weighted by molar-refractivity contribution is 0.317. The lowest BCUT2D eigenvalue weighted by Gasteiger charge is -2.32. The van der Waals surface area contributed by atoms with Crippen molar-refractivity contribution < 1.29 is 0 Å². The van der Waals surface area contributed by atoms with Crippen LogP contribution in [0.2, 0.25) is 0 Å². The number of anilines is 1. The lowest BCUT2D eigenvalue weighted by Crippen LogP contribution is -2.31. The van der Waals surface area contributed by atoms with Crippen LogP contribution in [0.15, 0.2) is 36.5 Å². The van der Waals surface area contributed by atoms with E-state index in [1.54, 1.807) is 0 Å². The molecule has 1 aliphatic carbocycles. The molecular formula is C17H22N2. The minimum absolute atomic E-state index is 0.617. The van der Waals surface area contributed by atoms with E-state index < -0.39 is 0 Å². The summed E-state index contributed by atoms with van der Waals surface area (Å²) in [6.45, 7) is 2.31. The normalized spacial score (nSPS) is 23.4. The smallest absolute Gasteiger partial charge is 0.0933 e. The van der Waals surface area contributed by atoms with Crippen LogP contribution in [0.5, 0.6) is 0 Å². The summed E-state index contributed by atoms with van der Waals surface area (Å²) >= 11 is 0. The largest absolute Gasteiger partial charge is 0.380 e. The van der Waals surface area contributed by atoms with Crippen LogP contribution in [-0.2, 0) is 0 Å². The molecule has 1 heterocycles. The van der Waals surface area contributed by atoms with E-state index in [1.807, 2.05) is 12.3 Å². The molecule has 0 saturated heterocycles. The van der Waals surface area contributed by atoms with Gasteiger partial charge >= 0.3 is 0 Å². The number of fused-ring (bicyclic) bond motifs is 1. The van der Waals surface area contributed by atoms with Gasteiger partial charge in [-0.05, 0) is 30.9 Å². The maximum Gasteiger partial charge on any atom is 0.0933 e. The third-order valence-corrected chi connectivity index (χ3v) is 4.41. The second-order valence-electron chi connectivity index (χ2n) is 5.58. The van der Waals surface area contributed by atoms with Gasteiger partial charge in [0.1, 0.15) is 0 Å². The average molecular weight is 254 g/mol. The molecule has 2 unspecified atom stereocenters. The van der Waals surface area contributed by atoms with Crippen molar-refractivity contribution in [2.24, 2.45) is 5.92 Å². The fourth-order valence-electron chi connectivity index (χ4n) is 3.31. The van der Waals surface area contributed by atoms with Gasteiger partial charge < -0.3 is 5.32 Å². The zero-order chi connectivity index (χ0) is 13.1. The second kappa shape index (κ2) is 5.60. The fraction of sp³-hybridized carbons (Fsp3) is 0.471. The molecule has 2 nitrogen and oxygen atoms in total. The van der Waals surface area contributed by atoms with E-state index in [-0.39, 0.29) is 0 Å². The first-order chi connectivity index (χ1) is 9.38. The van der Waals surface area contributed by atoms with E-state index in [4.69, 9.17) is 0 Å². The van der Waals surface area contributed by atoms with Gasteiger partial charge in [0.2, 0.25) is 0 Å². The Labute approximate surface area is 115 Å². The number of pyridine rings is 1. The Hall–Kier alpha value is -1.57. The van der Waals surface area contributed by atoms with Crippen LogP contribution >= 0.6 is 0 Å². The Kier molecular flexibility index (Phi) is 3.67. The molecule has 2 aromatic rings. The average Bonchev–Trinajstić information content (AvgIpc) is 2.48. The number of hydrogen-bond acceptors (Lipinski definition) is 2. The van der Waals surface area contributed by atoms with Crippen LogP contribution in [0.3, 0.4) is 0 Å². The van der Waals surface area contributed by atoms with Gasteiger partial charge in [-0.25, -0.2) is 0 Å². The van der Waals surface area contributed by atoms with Crippen LogP contribution in [-0.4, -0.2) is 11.0 Å². The second-order valence-corrected chi connectivity index (χ2v) is 5.58. The number of aromatic nitrogens is 1. The molecule has 0 spiro atoms. The molecule has 1 N–H and O–H groups in total. The molecular weight excluding hydrogens is 232 g/mol. The quantitative estimate of drug-likeness (QED) is 0.864. The van der Waals surface area contributed by atoms with Crippen LogP contribution in [0.1, 0.15) is 39.0 Å². The lowest BCUT2D eigenvalue weighted by atomic mass is 9.83. The highest BCUT2D eigenvalue weighted by molar-refractivity contribution is 5.90. The summed E-state index contributed by atoms with van der Waals surface area (Å²) < 4.78 is 0. The topological polar surface area (TPSA) is 24.9 Å². The van der Waals surface area contributed by atoms with Gasteiger partial charge in [0.15, 0.2) is 0 Å². The highest BCUT2D eigenvalue weighted by Crippen LogP contribution is 2.31. The van der Waals surface area contributed by atoms with Crippen LogP contribution in [0.25, 0.3) is 10.9 Å². The number of para-hydroxylation sites is 1. The molecule has 1 aromatic heterocycles. The number of hydrogen-bond donors (Lipinski definition) is 1. The van der Waals surface area contributed by atoms with Gasteiger partial charge in [0.25, 0.3) is 0 Å². The summed E-state index contributed by atoms with van der Waals surface area (Å²) in [5.41, 5.74) is 2.30. The Bertz CT molecular complexity index is 544. The minimum Gasteiger partial charge on any atom is -0.380 e. The van der Waals surface area contributed by atoms with E-state index in [2.05, 4.69) is 41.5 Å². The summed E-state index contributed by atoms with van der Waals surface area (Å²) in [6.07, 6.45) is 8.56. The molecule has 0 aliphatic heterocycles. The molecule has 1 saturated carbocycles. The molecule has 3 rings (SSSR count). The molecule has 2 heteroatoms. The van der Waals surface area contributed by atoms with E-state index in [1.165, 1.54) is 43.2 Å². The molecule has 19 heavy (non-hydrogen) atoms. The molecule has 1 aromatic carbocycles. The first-order valence-electron chi connectivity index (χ1n) is 7.49. The van der Waals surface area contributed by atoms with Crippen molar-refractivity contribution in [2.45, 2.75) is 45.1 Å². The first-order valence-corrected chi connectivity index (χ1v) is 7.49. The molecule has 1 fully saturated rings. The number of nitrogens with one attached hydrogen (secondary N) is 1. The summed E-state index contributed by atoms with van der Waals surface area (Å²) in [5.74, 6) is 0.813. The predicted molar refractivity (Wildman–Crippen MR) is 81.4 cm³/mol. The predicted octanol–water partition coefficient (Wildman–Crippen LogP) is 4.62. The highest BCUT2D eigenvalue weighted by Gasteiger charge is 2.23. The molecule has 0 radical (unpaired) electrons. The first kappa shape index (κ1) is 12.5. The summed E-state index contributed by atoms with van der Waals surface area (Å²) in [7, 11) is 0. The third kappa shape index (κ3) is 2.58. The molecule has 2 atom stereocenters. The van der Waals surface area contributed by atoms with Crippen LogP contribution < -0.4 is 5.32 Å². The summed E-state index contributed by atoms with van der Waals surface area (Å²) in [6, 6.07) is 11.2. The Morgan fingerprint density at radius 1 is 1.16 bits per heavy atom. The van der Waals surface area contributed by atoms with Crippen molar-refractivity contribution >= 4 is 16.6 Å². The van der Waals surface area contributed by atoms with Gasteiger partial charge in [-0.15, -0.1) is 0 Å². The highest BCUT2D eigenvalue weighted by atomic mass is 14.9. The van der Waals surface area contributed by atoms with Gasteiger partial charge in [-0.1, -0.05) is 44.4 Å². The van der Waals surface area contributed by atoms with Gasteiger partial charge in [0, 0.05) is 17.6 Å². The monoisotopic (exact) mass is 254 g/mol. The standard InChI is InChI=1S/C17H22N2/c1-2-13-7-3-4-10-15(13)19-16-11-5-8-14-9-6-12-18-17(14)16/h5-6,8-9,11-13,15,19H,2-4,7,10H2,1H3. The van der Waals surface area contributed by atoms with Gasteiger partial charge in [-0.2, -0.15) is 0 Å². The van der Waals surface area contributed by atoms with Crippen molar-refractivity contribution in [3.63, 3.8) is 0 Å². The van der Waals surface area contributed by atoms with Crippen molar-refractivity contribution in [3.8, 4) is 0 Å². The van der Waals surface area contributed by atoms with E-state index >= 15 is 0 Å². The number of nitrogens with zero attached hydrogens (tertiary/aromatic N) is 1. The van der Waals surface area contributed by atoms with E-state index in [9.17, 15) is 0 Å². The molecule has 1 aliphatic rings. The van der Waals surface area contributed by atoms with E-state index in [0.29, 0.717) is 6.04 Å². The minimum atomic E-state index is 0.617. The number of rotatable bonds is 3. The molecule has 0 amide bonds. The molecule has 0 bridgehead atoms. The fourth-order valence-corrected chi connectivity index (χ4v) is 3.31. The van der Waals surface area contributed by atoms with Crippen molar-refractivity contribution in [3.05, 3.63) is 36.5 Å². The molecule has 100 valence electrons. The Morgan fingerprint density at radius 2 is 2.00 bits per heavy atom. The SMILES string of the molecule is CCC1CCCCC1Nc1cccc2cccnc12. The zero-order valence-electron chi connectivity index (χ0n) is 11.6. The van der Waals surface area contributed by atoms with Crippen LogP contribution in [0, 0.1) is 5.92 Å². The maximum absolute atomic E-state index is 4.54. The van der Waals surface area contributed by atoms with Crippen molar-refractivity contribution in [1.29, 1.82) is 0 Å². The van der Waals surface area contributed by atoms with Crippen molar-refractivity contribution in [2.75, 3.05) is 5.32 Å². The zero-order valence-corrected chi connectivity index (χ0v) is 11.6. The van der Waals surface area contributed by atoms with Crippen LogP contribution in [0.4, 0.5) is 5.69 Å². The third-order valence-electron chi connectivity index (χ3n) is 4.41. The Balaban J connectivity index is 1.88. The Morgan fingerprint density at radius 3 is 2.89 bits per heavy atom. The summed E-state index contributed by atoms with van der Waals surface area (Å²) in [4.78, 5) is 4.54. The van der Waals surface area contributed by atoms with Crippen molar-refractivity contribution in [1.82, 2.24) is 4.98 Å². The summed E-state index contributed by atoms with van der Waals surface area (Å²) in [5, 5.41) is 4.98. The maximum atomic E-state index is 4.54. The van der Waals surface area contributed by atoms with Gasteiger partial charge in [0.05, 0.1) is 11.2 Å². The van der Waals surface area contributed by atoms with Gasteiger partial charge in [-0.3, -0.25) is 4.98 Å². The van der Waals surface area contributed by atoms with E-state index in [0.717, 1.165) is 11.4 Å².